The molecule has 0 unspecified atom stereocenters. The standard InChI is InChI=1S/C30H26BrF2N5O6/c1-41-23-12-17(13-24(42-2)25(23)43-3)36-29-35-15-20(31)26(37-29)44-22-9-8-19(14-21(22)33)38(18-6-4-16(32)5-7-18)28(40)30(10-11-30)27(34)39/h4-9,12-15H,10-11H2,1-3H3,(H2,34,39)(H,35,36,37). The second-order valence-electron chi connectivity index (χ2n) is 9.67. The molecule has 1 aliphatic rings. The summed E-state index contributed by atoms with van der Waals surface area (Å²) in [6, 6.07) is 12.1. The van der Waals surface area contributed by atoms with Gasteiger partial charge in [-0.1, -0.05) is 0 Å². The normalized spacial score (nSPS) is 13.0. The van der Waals surface area contributed by atoms with Crippen LogP contribution in [0.4, 0.5) is 31.8 Å². The van der Waals surface area contributed by atoms with Gasteiger partial charge < -0.3 is 30.0 Å². The van der Waals surface area contributed by atoms with Crippen LogP contribution in [-0.2, 0) is 9.59 Å². The van der Waals surface area contributed by atoms with Gasteiger partial charge in [-0.25, -0.2) is 13.8 Å². The van der Waals surface area contributed by atoms with Gasteiger partial charge in [0.1, 0.15) is 11.2 Å². The molecule has 1 fully saturated rings. The zero-order chi connectivity index (χ0) is 31.6. The van der Waals surface area contributed by atoms with Crippen LogP contribution in [0.25, 0.3) is 0 Å². The third-order valence-corrected chi connectivity index (χ3v) is 7.48. The van der Waals surface area contributed by atoms with Crippen molar-refractivity contribution in [2.75, 3.05) is 31.5 Å². The van der Waals surface area contributed by atoms with E-state index in [9.17, 15) is 14.0 Å². The number of amides is 2. The van der Waals surface area contributed by atoms with Crippen LogP contribution in [0.1, 0.15) is 12.8 Å². The zero-order valence-electron chi connectivity index (χ0n) is 23.7. The number of hydrogen-bond donors (Lipinski definition) is 2. The van der Waals surface area contributed by atoms with Crippen molar-refractivity contribution in [1.29, 1.82) is 0 Å². The Labute approximate surface area is 259 Å². The number of ether oxygens (including phenoxy) is 4. The smallest absolute Gasteiger partial charge is 0.247 e. The molecule has 228 valence electrons. The average Bonchev–Trinajstić information content (AvgIpc) is 3.83. The summed E-state index contributed by atoms with van der Waals surface area (Å²) in [7, 11) is 4.46. The minimum atomic E-state index is -1.41. The first kappa shape index (κ1) is 30.5. The molecule has 3 aromatic carbocycles. The minimum Gasteiger partial charge on any atom is -0.493 e. The lowest BCUT2D eigenvalue weighted by Crippen LogP contribution is -2.41. The van der Waals surface area contributed by atoms with Gasteiger partial charge in [0.15, 0.2) is 23.1 Å². The van der Waals surface area contributed by atoms with E-state index in [4.69, 9.17) is 24.7 Å². The topological polar surface area (TPSA) is 138 Å². The third kappa shape index (κ3) is 5.93. The number of methoxy groups -OCH3 is 3. The summed E-state index contributed by atoms with van der Waals surface area (Å²) in [4.78, 5) is 35.3. The molecule has 14 heteroatoms. The first-order valence-electron chi connectivity index (χ1n) is 13.1. The van der Waals surface area contributed by atoms with Crippen molar-refractivity contribution in [3.63, 3.8) is 0 Å². The Balaban J connectivity index is 1.43. The van der Waals surface area contributed by atoms with E-state index in [0.29, 0.717) is 27.4 Å². The number of nitrogens with two attached hydrogens (primary N) is 1. The molecule has 0 radical (unpaired) electrons. The molecule has 5 rings (SSSR count). The predicted octanol–water partition coefficient (Wildman–Crippen LogP) is 6.01. The average molecular weight is 670 g/mol. The molecule has 0 atom stereocenters. The Bertz CT molecular complexity index is 1710. The van der Waals surface area contributed by atoms with E-state index in [1.807, 2.05) is 0 Å². The van der Waals surface area contributed by atoms with Gasteiger partial charge in [0, 0.05) is 29.6 Å². The molecule has 0 aliphatic heterocycles. The van der Waals surface area contributed by atoms with Crippen LogP contribution in [0.15, 0.2) is 65.3 Å². The Morgan fingerprint density at radius 1 is 0.932 bits per heavy atom. The van der Waals surface area contributed by atoms with Crippen molar-refractivity contribution < 1.29 is 37.3 Å². The van der Waals surface area contributed by atoms with Crippen LogP contribution in [0.3, 0.4) is 0 Å². The Hall–Kier alpha value is -4.98. The van der Waals surface area contributed by atoms with Gasteiger partial charge in [-0.05, 0) is 65.2 Å². The first-order valence-corrected chi connectivity index (χ1v) is 13.9. The maximum Gasteiger partial charge on any atom is 0.247 e. The Morgan fingerprint density at radius 3 is 2.11 bits per heavy atom. The van der Waals surface area contributed by atoms with Crippen LogP contribution in [0, 0.1) is 17.0 Å². The SMILES string of the molecule is COc1cc(Nc2ncc(Br)c(Oc3ccc(N(C(=O)C4(C(N)=O)CC4)c4ccc(F)cc4)cc3F)n2)cc(OC)c1OC. The number of benzene rings is 3. The van der Waals surface area contributed by atoms with Gasteiger partial charge in [0.25, 0.3) is 0 Å². The number of rotatable bonds is 11. The summed E-state index contributed by atoms with van der Waals surface area (Å²) in [6.45, 7) is 0. The quantitative estimate of drug-likeness (QED) is 0.184. The van der Waals surface area contributed by atoms with E-state index >= 15 is 4.39 Å². The number of hydrogen-bond acceptors (Lipinski definition) is 9. The fourth-order valence-electron chi connectivity index (χ4n) is 4.46. The summed E-state index contributed by atoms with van der Waals surface area (Å²) >= 11 is 3.31. The summed E-state index contributed by atoms with van der Waals surface area (Å²) in [5.74, 6) is -1.68. The van der Waals surface area contributed by atoms with E-state index < -0.39 is 28.9 Å². The highest BCUT2D eigenvalue weighted by Crippen LogP contribution is 2.49. The molecule has 1 saturated carbocycles. The van der Waals surface area contributed by atoms with Crippen LogP contribution in [-0.4, -0.2) is 43.1 Å². The number of carbonyl (C=O) groups is 2. The fraction of sp³-hybridized carbons (Fsp3) is 0.200. The second-order valence-corrected chi connectivity index (χ2v) is 10.5. The molecule has 4 aromatic rings. The lowest BCUT2D eigenvalue weighted by molar-refractivity contribution is -0.133. The molecule has 1 aromatic heterocycles. The number of nitrogens with zero attached hydrogens (tertiary/aromatic N) is 3. The molecule has 0 saturated heterocycles. The number of halogens is 3. The van der Waals surface area contributed by atoms with Gasteiger partial charge in [0.2, 0.25) is 29.4 Å². The van der Waals surface area contributed by atoms with E-state index in [2.05, 4.69) is 31.2 Å². The van der Waals surface area contributed by atoms with Crippen molar-refractivity contribution in [3.05, 3.63) is 76.9 Å². The van der Waals surface area contributed by atoms with Gasteiger partial charge in [-0.3, -0.25) is 14.5 Å². The van der Waals surface area contributed by atoms with Gasteiger partial charge in [0.05, 0.1) is 37.7 Å². The second kappa shape index (κ2) is 12.3. The highest BCUT2D eigenvalue weighted by atomic mass is 79.9. The highest BCUT2D eigenvalue weighted by molar-refractivity contribution is 9.10. The van der Waals surface area contributed by atoms with Gasteiger partial charge in [-0.15, -0.1) is 0 Å². The van der Waals surface area contributed by atoms with Crippen LogP contribution in [0.2, 0.25) is 0 Å². The van der Waals surface area contributed by atoms with Crippen molar-refractivity contribution >= 4 is 50.8 Å². The van der Waals surface area contributed by atoms with Gasteiger partial charge in [-0.2, -0.15) is 4.98 Å². The third-order valence-electron chi connectivity index (χ3n) is 6.93. The molecule has 0 bridgehead atoms. The molecule has 2 amide bonds. The summed E-state index contributed by atoms with van der Waals surface area (Å²) in [5, 5.41) is 3.02. The van der Waals surface area contributed by atoms with E-state index in [0.717, 1.165) is 23.1 Å². The van der Waals surface area contributed by atoms with Crippen molar-refractivity contribution in [3.8, 4) is 28.9 Å². The number of nitrogens with one attached hydrogen (secondary N) is 1. The largest absolute Gasteiger partial charge is 0.493 e. The van der Waals surface area contributed by atoms with Crippen LogP contribution >= 0.6 is 15.9 Å². The maximum absolute atomic E-state index is 15.5. The Kier molecular flexibility index (Phi) is 8.54. The van der Waals surface area contributed by atoms with Gasteiger partial charge >= 0.3 is 0 Å². The fourth-order valence-corrected chi connectivity index (χ4v) is 4.73. The predicted molar refractivity (Wildman–Crippen MR) is 160 cm³/mol. The summed E-state index contributed by atoms with van der Waals surface area (Å²) in [5.41, 5.74) is 4.95. The lowest BCUT2D eigenvalue weighted by Gasteiger charge is -2.26. The molecule has 0 spiro atoms. The van der Waals surface area contributed by atoms with Crippen molar-refractivity contribution in [2.45, 2.75) is 12.8 Å². The molecular weight excluding hydrogens is 644 g/mol. The minimum absolute atomic E-state index is 0.0151. The first-order chi connectivity index (χ1) is 21.1. The zero-order valence-corrected chi connectivity index (χ0v) is 25.3. The number of carbonyl (C=O) groups excluding carboxylic acids is 2. The molecule has 44 heavy (non-hydrogen) atoms. The summed E-state index contributed by atoms with van der Waals surface area (Å²) in [6.07, 6.45) is 1.94. The monoisotopic (exact) mass is 669 g/mol. The number of anilines is 4. The van der Waals surface area contributed by atoms with Crippen molar-refractivity contribution in [2.24, 2.45) is 11.1 Å². The lowest BCUT2D eigenvalue weighted by atomic mass is 10.0. The number of primary amides is 1. The van der Waals surface area contributed by atoms with E-state index in [-0.39, 0.29) is 41.8 Å². The van der Waals surface area contributed by atoms with Crippen LogP contribution < -0.4 is 34.9 Å². The molecule has 3 N–H and O–H groups in total. The molecule has 1 aliphatic carbocycles. The van der Waals surface area contributed by atoms with E-state index in [1.165, 1.54) is 51.8 Å². The van der Waals surface area contributed by atoms with Crippen molar-refractivity contribution in [1.82, 2.24) is 9.97 Å². The molecule has 1 heterocycles. The number of aromatic nitrogens is 2. The maximum atomic E-state index is 15.5. The van der Waals surface area contributed by atoms with Crippen LogP contribution in [0.5, 0.6) is 28.9 Å². The highest BCUT2D eigenvalue weighted by Gasteiger charge is 2.57. The Morgan fingerprint density at radius 2 is 1.57 bits per heavy atom. The van der Waals surface area contributed by atoms with E-state index in [1.54, 1.807) is 12.1 Å². The molecular formula is C30H26BrF2N5O6. The molecule has 11 nitrogen and oxygen atoms in total. The summed E-state index contributed by atoms with van der Waals surface area (Å²) < 4.78 is 51.3.